The second-order valence-electron chi connectivity index (χ2n) is 11.3. The number of amides is 2. The monoisotopic (exact) mass is 524 g/mol. The van der Waals surface area contributed by atoms with Gasteiger partial charge in [0, 0.05) is 19.4 Å². The summed E-state index contributed by atoms with van der Waals surface area (Å²) in [6.07, 6.45) is 14.9. The Kier molecular flexibility index (Phi) is 10.8. The molecule has 7 heteroatoms. The van der Waals surface area contributed by atoms with Gasteiger partial charge in [0.2, 0.25) is 11.8 Å². The summed E-state index contributed by atoms with van der Waals surface area (Å²) in [7, 11) is 0. The minimum absolute atomic E-state index is 0.0881. The molecule has 38 heavy (non-hydrogen) atoms. The maximum absolute atomic E-state index is 13.6. The largest absolute Gasteiger partial charge is 0.463 e. The summed E-state index contributed by atoms with van der Waals surface area (Å²) in [5.41, 5.74) is 2.25. The van der Waals surface area contributed by atoms with Crippen molar-refractivity contribution in [3.8, 4) is 0 Å². The number of cyclic esters (lactones) is 1. The number of aliphatic hydroxyl groups is 1. The van der Waals surface area contributed by atoms with Gasteiger partial charge in [-0.3, -0.25) is 14.4 Å². The van der Waals surface area contributed by atoms with Crippen LogP contribution >= 0.6 is 0 Å². The van der Waals surface area contributed by atoms with Gasteiger partial charge in [0.15, 0.2) is 0 Å². The molecule has 1 fully saturated rings. The van der Waals surface area contributed by atoms with Gasteiger partial charge in [-0.15, -0.1) is 0 Å². The van der Waals surface area contributed by atoms with Crippen LogP contribution in [0.15, 0.2) is 36.4 Å². The van der Waals surface area contributed by atoms with E-state index in [9.17, 15) is 19.5 Å². The molecular formula is C31H44N2O5. The highest BCUT2D eigenvalue weighted by atomic mass is 16.5. The molecule has 1 aromatic rings. The van der Waals surface area contributed by atoms with Crippen LogP contribution in [-0.4, -0.2) is 53.1 Å². The number of carbonyl (C=O) groups is 3. The summed E-state index contributed by atoms with van der Waals surface area (Å²) in [6, 6.07) is 7.50. The molecule has 0 unspecified atom stereocenters. The molecule has 0 saturated heterocycles. The number of allylic oxidation sites excluding steroid dienone is 2. The molecule has 2 heterocycles. The lowest BCUT2D eigenvalue weighted by Crippen LogP contribution is -2.48. The van der Waals surface area contributed by atoms with Gasteiger partial charge in [0.25, 0.3) is 0 Å². The van der Waals surface area contributed by atoms with E-state index >= 15 is 0 Å². The molecule has 3 atom stereocenters. The number of ether oxygens (including phenoxy) is 1. The van der Waals surface area contributed by atoms with Crippen LogP contribution in [0.1, 0.15) is 88.2 Å². The number of nitrogens with zero attached hydrogens (tertiary/aromatic N) is 1. The Bertz CT molecular complexity index is 971. The number of hydrogen-bond acceptors (Lipinski definition) is 5. The maximum Gasteiger partial charge on any atom is 0.305 e. The molecule has 2 amide bonds. The summed E-state index contributed by atoms with van der Waals surface area (Å²) in [5, 5.41) is 13.2. The van der Waals surface area contributed by atoms with Crippen molar-refractivity contribution in [1.29, 1.82) is 0 Å². The average Bonchev–Trinajstić information content (AvgIpc) is 2.94. The molecule has 0 bridgehead atoms. The summed E-state index contributed by atoms with van der Waals surface area (Å²) in [6.45, 7) is 0.531. The van der Waals surface area contributed by atoms with Crippen molar-refractivity contribution < 1.29 is 24.2 Å². The van der Waals surface area contributed by atoms with Crippen LogP contribution in [0, 0.1) is 11.8 Å². The average molecular weight is 525 g/mol. The quantitative estimate of drug-likeness (QED) is 0.438. The molecule has 0 aromatic heterocycles. The summed E-state index contributed by atoms with van der Waals surface area (Å²) < 4.78 is 5.59. The summed E-state index contributed by atoms with van der Waals surface area (Å²) >= 11 is 0. The van der Waals surface area contributed by atoms with Gasteiger partial charge in [-0.2, -0.15) is 0 Å². The van der Waals surface area contributed by atoms with Crippen molar-refractivity contribution in [3.63, 3.8) is 0 Å². The lowest BCUT2D eigenvalue weighted by atomic mass is 9.84. The standard InChI is InChI=1S/C31H44N2O5/c34-21-28-18-24-13-9-10-15-26(24)20-33(28)29(35)19-25-14-7-2-1-3-8-16-30(36)38-22-27(32-31(25)37)17-23-11-5-4-6-12-23/h2,7,9-10,13,15,23,25,27-28,34H,1,3-6,8,11-12,14,16-22H2,(H,32,37)/t25-,27+,28+/m1/s1. The van der Waals surface area contributed by atoms with Gasteiger partial charge in [0.1, 0.15) is 6.61 Å². The molecule has 208 valence electrons. The second kappa shape index (κ2) is 14.5. The number of benzene rings is 1. The molecule has 7 nitrogen and oxygen atoms in total. The third-order valence-electron chi connectivity index (χ3n) is 8.40. The van der Waals surface area contributed by atoms with Crippen LogP contribution in [0.2, 0.25) is 0 Å². The normalized spacial score (nSPS) is 26.1. The molecule has 1 aromatic carbocycles. The molecule has 0 spiro atoms. The highest BCUT2D eigenvalue weighted by Gasteiger charge is 2.33. The number of hydrogen-bond donors (Lipinski definition) is 2. The Hall–Kier alpha value is -2.67. The Labute approximate surface area is 227 Å². The fourth-order valence-electron chi connectivity index (χ4n) is 6.14. The van der Waals surface area contributed by atoms with Crippen molar-refractivity contribution in [3.05, 3.63) is 47.5 Å². The van der Waals surface area contributed by atoms with Crippen LogP contribution < -0.4 is 5.32 Å². The molecule has 4 rings (SSSR count). The molecule has 3 aliphatic rings. The van der Waals surface area contributed by atoms with E-state index < -0.39 is 5.92 Å². The lowest BCUT2D eigenvalue weighted by Gasteiger charge is -2.37. The van der Waals surface area contributed by atoms with E-state index in [-0.39, 0.29) is 49.5 Å². The number of aliphatic hydroxyl groups excluding tert-OH is 1. The van der Waals surface area contributed by atoms with Crippen LogP contribution in [0.25, 0.3) is 0 Å². The Morgan fingerprint density at radius 2 is 1.82 bits per heavy atom. The van der Waals surface area contributed by atoms with Gasteiger partial charge in [-0.1, -0.05) is 68.5 Å². The minimum atomic E-state index is -0.511. The van der Waals surface area contributed by atoms with Crippen molar-refractivity contribution in [2.45, 2.75) is 102 Å². The number of esters is 1. The Morgan fingerprint density at radius 3 is 2.61 bits per heavy atom. The Morgan fingerprint density at radius 1 is 1.03 bits per heavy atom. The Balaban J connectivity index is 1.47. The summed E-state index contributed by atoms with van der Waals surface area (Å²) in [5.74, 6) is -0.465. The van der Waals surface area contributed by atoms with Gasteiger partial charge >= 0.3 is 5.97 Å². The van der Waals surface area contributed by atoms with Gasteiger partial charge in [-0.05, 0) is 55.6 Å². The second-order valence-corrected chi connectivity index (χ2v) is 11.3. The third kappa shape index (κ3) is 8.16. The SMILES string of the molecule is O=C1CCCCC=CC[C@H](CC(=O)N2Cc3ccccc3C[C@H]2CO)C(=O)N[C@@H](CC2CCCCC2)CO1. The number of carbonyl (C=O) groups excluding carboxylic acids is 3. The van der Waals surface area contributed by atoms with E-state index in [1.165, 1.54) is 19.3 Å². The van der Waals surface area contributed by atoms with Crippen LogP contribution in [0.5, 0.6) is 0 Å². The lowest BCUT2D eigenvalue weighted by molar-refractivity contribution is -0.145. The topological polar surface area (TPSA) is 95.9 Å². The van der Waals surface area contributed by atoms with Gasteiger partial charge in [0.05, 0.1) is 24.6 Å². The van der Waals surface area contributed by atoms with Gasteiger partial charge in [-0.25, -0.2) is 0 Å². The fourth-order valence-corrected chi connectivity index (χ4v) is 6.14. The molecule has 0 radical (unpaired) electrons. The minimum Gasteiger partial charge on any atom is -0.463 e. The van der Waals surface area contributed by atoms with Crippen LogP contribution in [-0.2, 0) is 32.1 Å². The number of fused-ring (bicyclic) bond motifs is 1. The van der Waals surface area contributed by atoms with E-state index in [4.69, 9.17) is 4.74 Å². The zero-order valence-corrected chi connectivity index (χ0v) is 22.6. The highest BCUT2D eigenvalue weighted by molar-refractivity contribution is 5.86. The van der Waals surface area contributed by atoms with Crippen molar-refractivity contribution in [1.82, 2.24) is 10.2 Å². The molecule has 1 aliphatic carbocycles. The van der Waals surface area contributed by atoms with E-state index in [0.29, 0.717) is 31.7 Å². The predicted molar refractivity (Wildman–Crippen MR) is 146 cm³/mol. The van der Waals surface area contributed by atoms with Crippen LogP contribution in [0.3, 0.4) is 0 Å². The first-order valence-corrected chi connectivity index (χ1v) is 14.6. The number of nitrogens with one attached hydrogen (secondary N) is 1. The van der Waals surface area contributed by atoms with E-state index in [1.54, 1.807) is 4.90 Å². The summed E-state index contributed by atoms with van der Waals surface area (Å²) in [4.78, 5) is 41.2. The van der Waals surface area contributed by atoms with Crippen LogP contribution in [0.4, 0.5) is 0 Å². The first kappa shape index (κ1) is 28.3. The molecule has 2 aliphatic heterocycles. The third-order valence-corrected chi connectivity index (χ3v) is 8.40. The zero-order chi connectivity index (χ0) is 26.7. The molecular weight excluding hydrogens is 480 g/mol. The maximum atomic E-state index is 13.6. The van der Waals surface area contributed by atoms with Crippen molar-refractivity contribution in [2.24, 2.45) is 11.8 Å². The van der Waals surface area contributed by atoms with E-state index in [1.807, 2.05) is 24.3 Å². The number of rotatable bonds is 5. The zero-order valence-electron chi connectivity index (χ0n) is 22.6. The van der Waals surface area contributed by atoms with Crippen molar-refractivity contribution in [2.75, 3.05) is 13.2 Å². The highest BCUT2D eigenvalue weighted by Crippen LogP contribution is 2.28. The van der Waals surface area contributed by atoms with Gasteiger partial charge < -0.3 is 20.1 Å². The fraction of sp³-hybridized carbons (Fsp3) is 0.645. The van der Waals surface area contributed by atoms with E-state index in [0.717, 1.165) is 49.7 Å². The smallest absolute Gasteiger partial charge is 0.305 e. The van der Waals surface area contributed by atoms with E-state index in [2.05, 4.69) is 17.5 Å². The first-order valence-electron chi connectivity index (χ1n) is 14.6. The predicted octanol–water partition coefficient (Wildman–Crippen LogP) is 4.46. The first-order chi connectivity index (χ1) is 18.5. The molecule has 1 saturated carbocycles. The van der Waals surface area contributed by atoms with Crippen molar-refractivity contribution >= 4 is 17.8 Å². The molecule has 2 N–H and O–H groups in total.